The number of nitrogens with one attached hydrogen (secondary N) is 1. The van der Waals surface area contributed by atoms with Gasteiger partial charge in [-0.1, -0.05) is 25.1 Å². The lowest BCUT2D eigenvalue weighted by molar-refractivity contribution is 0.498. The minimum Gasteiger partial charge on any atom is -0.460 e. The Morgan fingerprint density at radius 3 is 2.90 bits per heavy atom. The molecule has 1 aromatic carbocycles. The third-order valence-corrected chi connectivity index (χ3v) is 3.31. The van der Waals surface area contributed by atoms with E-state index in [1.54, 1.807) is 0 Å². The summed E-state index contributed by atoms with van der Waals surface area (Å²) in [6.07, 6.45) is 0. The molecule has 0 saturated heterocycles. The Hall–Kier alpha value is -2.64. The molecule has 0 saturated carbocycles. The highest BCUT2D eigenvalue weighted by molar-refractivity contribution is 5.85. The first-order valence-corrected chi connectivity index (χ1v) is 6.91. The van der Waals surface area contributed by atoms with Crippen molar-refractivity contribution < 1.29 is 4.42 Å². The van der Waals surface area contributed by atoms with E-state index in [9.17, 15) is 5.26 Å². The van der Waals surface area contributed by atoms with Crippen molar-refractivity contribution in [1.29, 1.82) is 5.26 Å². The highest BCUT2D eigenvalue weighted by atomic mass is 16.3. The van der Waals surface area contributed by atoms with Crippen molar-refractivity contribution in [2.45, 2.75) is 13.5 Å². The predicted octanol–water partition coefficient (Wildman–Crippen LogP) is 3.48. The standard InChI is InChI=1S/C17H15N3O/c1-2-19-11-13-7-8-17(21-13)14-9-12-5-3-4-6-15(12)20-16(14)10-18/h3-9,19H,2,11H2,1H3. The number of hydrogen-bond donors (Lipinski definition) is 1. The van der Waals surface area contributed by atoms with Crippen LogP contribution in [0.25, 0.3) is 22.2 Å². The fourth-order valence-electron chi connectivity index (χ4n) is 2.25. The maximum Gasteiger partial charge on any atom is 0.152 e. The Kier molecular flexibility index (Phi) is 3.67. The quantitative estimate of drug-likeness (QED) is 0.793. The van der Waals surface area contributed by atoms with Gasteiger partial charge in [0.2, 0.25) is 0 Å². The second-order valence-electron chi connectivity index (χ2n) is 4.74. The lowest BCUT2D eigenvalue weighted by Gasteiger charge is -2.03. The van der Waals surface area contributed by atoms with Crippen LogP contribution in [0.1, 0.15) is 18.4 Å². The number of rotatable bonds is 4. The molecule has 4 nitrogen and oxygen atoms in total. The molecule has 4 heteroatoms. The molecule has 0 spiro atoms. The number of pyridine rings is 1. The number of benzene rings is 1. The summed E-state index contributed by atoms with van der Waals surface area (Å²) in [5.41, 5.74) is 1.94. The molecule has 3 rings (SSSR count). The van der Waals surface area contributed by atoms with Crippen molar-refractivity contribution in [3.63, 3.8) is 0 Å². The van der Waals surface area contributed by atoms with Crippen molar-refractivity contribution in [3.8, 4) is 17.4 Å². The van der Waals surface area contributed by atoms with E-state index in [0.717, 1.165) is 28.8 Å². The number of fused-ring (bicyclic) bond motifs is 1. The van der Waals surface area contributed by atoms with Gasteiger partial charge in [0.1, 0.15) is 17.6 Å². The van der Waals surface area contributed by atoms with Gasteiger partial charge in [-0.05, 0) is 30.8 Å². The van der Waals surface area contributed by atoms with Gasteiger partial charge in [0.15, 0.2) is 5.69 Å². The number of aromatic nitrogens is 1. The van der Waals surface area contributed by atoms with Crippen LogP contribution in [0, 0.1) is 11.3 Å². The predicted molar refractivity (Wildman–Crippen MR) is 81.5 cm³/mol. The minimum atomic E-state index is 0.387. The van der Waals surface area contributed by atoms with Gasteiger partial charge in [-0.2, -0.15) is 5.26 Å². The summed E-state index contributed by atoms with van der Waals surface area (Å²) in [5.74, 6) is 1.53. The highest BCUT2D eigenvalue weighted by Crippen LogP contribution is 2.28. The van der Waals surface area contributed by atoms with Gasteiger partial charge in [-0.15, -0.1) is 0 Å². The second-order valence-corrected chi connectivity index (χ2v) is 4.74. The Morgan fingerprint density at radius 1 is 1.24 bits per heavy atom. The Bertz CT molecular complexity index is 814. The number of para-hydroxylation sites is 1. The molecule has 0 aliphatic rings. The number of furan rings is 1. The summed E-state index contributed by atoms with van der Waals surface area (Å²) in [4.78, 5) is 4.40. The molecule has 0 aliphatic carbocycles. The smallest absolute Gasteiger partial charge is 0.152 e. The van der Waals surface area contributed by atoms with Crippen LogP contribution in [0.15, 0.2) is 46.9 Å². The first-order chi connectivity index (χ1) is 10.3. The van der Waals surface area contributed by atoms with Crippen LogP contribution in [0.3, 0.4) is 0 Å². The molecule has 2 heterocycles. The van der Waals surface area contributed by atoms with Crippen LogP contribution in [0.5, 0.6) is 0 Å². The van der Waals surface area contributed by atoms with E-state index in [2.05, 4.69) is 16.4 Å². The van der Waals surface area contributed by atoms with Gasteiger partial charge in [-0.25, -0.2) is 4.98 Å². The fourth-order valence-corrected chi connectivity index (χ4v) is 2.25. The zero-order valence-corrected chi connectivity index (χ0v) is 11.8. The summed E-state index contributed by atoms with van der Waals surface area (Å²) in [7, 11) is 0. The molecule has 0 amide bonds. The third kappa shape index (κ3) is 2.64. The maximum absolute atomic E-state index is 9.32. The SMILES string of the molecule is CCNCc1ccc(-c2cc3ccccc3nc2C#N)o1. The van der Waals surface area contributed by atoms with Crippen LogP contribution in [0.4, 0.5) is 0 Å². The molecule has 0 unspecified atom stereocenters. The van der Waals surface area contributed by atoms with Crippen molar-refractivity contribution in [2.24, 2.45) is 0 Å². The van der Waals surface area contributed by atoms with Crippen LogP contribution in [-0.2, 0) is 6.54 Å². The molecule has 0 aliphatic heterocycles. The molecular formula is C17H15N3O. The Labute approximate surface area is 123 Å². The normalized spacial score (nSPS) is 10.7. The second kappa shape index (κ2) is 5.78. The van der Waals surface area contributed by atoms with E-state index in [1.165, 1.54) is 0 Å². The van der Waals surface area contributed by atoms with Crippen molar-refractivity contribution in [1.82, 2.24) is 10.3 Å². The molecule has 0 radical (unpaired) electrons. The summed E-state index contributed by atoms with van der Waals surface area (Å²) in [6.45, 7) is 3.61. The molecule has 0 fully saturated rings. The summed E-state index contributed by atoms with van der Waals surface area (Å²) < 4.78 is 5.81. The van der Waals surface area contributed by atoms with Crippen LogP contribution < -0.4 is 5.32 Å². The molecule has 1 N–H and O–H groups in total. The van der Waals surface area contributed by atoms with Crippen molar-refractivity contribution in [2.75, 3.05) is 6.54 Å². The Balaban J connectivity index is 2.06. The van der Waals surface area contributed by atoms with Crippen molar-refractivity contribution >= 4 is 10.9 Å². The van der Waals surface area contributed by atoms with Gasteiger partial charge >= 0.3 is 0 Å². The minimum absolute atomic E-state index is 0.387. The number of nitriles is 1. The zero-order valence-electron chi connectivity index (χ0n) is 11.8. The average molecular weight is 277 g/mol. The summed E-state index contributed by atoms with van der Waals surface area (Å²) >= 11 is 0. The summed E-state index contributed by atoms with van der Waals surface area (Å²) in [5, 5.41) is 13.5. The molecule has 2 aromatic heterocycles. The van der Waals surface area contributed by atoms with E-state index in [-0.39, 0.29) is 0 Å². The van der Waals surface area contributed by atoms with E-state index in [4.69, 9.17) is 4.42 Å². The first kappa shape index (κ1) is 13.3. The topological polar surface area (TPSA) is 61.9 Å². The summed E-state index contributed by atoms with van der Waals surface area (Å²) in [6, 6.07) is 15.7. The Morgan fingerprint density at radius 2 is 2.10 bits per heavy atom. The maximum atomic E-state index is 9.32. The van der Waals surface area contributed by atoms with E-state index >= 15 is 0 Å². The van der Waals surface area contributed by atoms with E-state index < -0.39 is 0 Å². The number of nitrogens with zero attached hydrogens (tertiary/aromatic N) is 2. The number of hydrogen-bond acceptors (Lipinski definition) is 4. The van der Waals surface area contributed by atoms with Gasteiger partial charge in [0, 0.05) is 5.39 Å². The van der Waals surface area contributed by atoms with E-state index in [1.807, 2.05) is 49.4 Å². The molecule has 3 aromatic rings. The zero-order chi connectivity index (χ0) is 14.7. The molecule has 0 bridgehead atoms. The molecular weight excluding hydrogens is 262 g/mol. The highest BCUT2D eigenvalue weighted by Gasteiger charge is 2.12. The first-order valence-electron chi connectivity index (χ1n) is 6.91. The monoisotopic (exact) mass is 277 g/mol. The lowest BCUT2D eigenvalue weighted by Crippen LogP contribution is -2.10. The molecule has 104 valence electrons. The third-order valence-electron chi connectivity index (χ3n) is 3.31. The molecule has 21 heavy (non-hydrogen) atoms. The lowest BCUT2D eigenvalue weighted by atomic mass is 10.1. The van der Waals surface area contributed by atoms with Gasteiger partial charge < -0.3 is 9.73 Å². The van der Waals surface area contributed by atoms with Gasteiger partial charge in [-0.3, -0.25) is 0 Å². The van der Waals surface area contributed by atoms with E-state index in [0.29, 0.717) is 18.0 Å². The van der Waals surface area contributed by atoms with Gasteiger partial charge in [0.25, 0.3) is 0 Å². The van der Waals surface area contributed by atoms with Crippen molar-refractivity contribution in [3.05, 3.63) is 53.9 Å². The van der Waals surface area contributed by atoms with Crippen LogP contribution in [-0.4, -0.2) is 11.5 Å². The largest absolute Gasteiger partial charge is 0.460 e. The van der Waals surface area contributed by atoms with Crippen LogP contribution >= 0.6 is 0 Å². The fraction of sp³-hybridized carbons (Fsp3) is 0.176. The molecule has 0 atom stereocenters. The van der Waals surface area contributed by atoms with Crippen LogP contribution in [0.2, 0.25) is 0 Å². The van der Waals surface area contributed by atoms with Gasteiger partial charge in [0.05, 0.1) is 17.6 Å². The average Bonchev–Trinajstić information content (AvgIpc) is 3.00.